The number of carbonyl (C=O) groups excluding carboxylic acids is 3. The lowest BCUT2D eigenvalue weighted by molar-refractivity contribution is -0.142. The molecule has 0 aliphatic rings. The SMILES string of the molecule is NCCCCC(N)C(=O)NC(CS)C(=O)NC(Cc1ccccc1)C(=O)NC(Cc1c[nH]c2ccccc12)C(=O)O. The summed E-state index contributed by atoms with van der Waals surface area (Å²) in [4.78, 5) is 54.4. The zero-order valence-corrected chi connectivity index (χ0v) is 23.6. The number of aliphatic carboxylic acids is 1. The predicted octanol–water partition coefficient (Wildman–Crippen LogP) is 0.878. The van der Waals surface area contributed by atoms with Crippen LogP contribution in [0.3, 0.4) is 0 Å². The first kappa shape index (κ1) is 31.7. The van der Waals surface area contributed by atoms with Crippen molar-refractivity contribution >= 4 is 47.2 Å². The number of amides is 3. The smallest absolute Gasteiger partial charge is 0.326 e. The molecule has 0 aliphatic heterocycles. The van der Waals surface area contributed by atoms with E-state index in [1.165, 1.54) is 0 Å². The van der Waals surface area contributed by atoms with Crippen LogP contribution in [0.4, 0.5) is 0 Å². The lowest BCUT2D eigenvalue weighted by atomic mass is 10.0. The molecule has 11 nitrogen and oxygen atoms in total. The molecule has 3 rings (SSSR count). The minimum absolute atomic E-state index is 0.0362. The predicted molar refractivity (Wildman–Crippen MR) is 160 cm³/mol. The third kappa shape index (κ3) is 9.34. The second kappa shape index (κ2) is 15.8. The highest BCUT2D eigenvalue weighted by Crippen LogP contribution is 2.19. The third-order valence-electron chi connectivity index (χ3n) is 6.75. The fourth-order valence-electron chi connectivity index (χ4n) is 4.44. The van der Waals surface area contributed by atoms with Gasteiger partial charge in [-0.05, 0) is 36.6 Å². The van der Waals surface area contributed by atoms with Crippen LogP contribution in [-0.2, 0) is 32.0 Å². The van der Waals surface area contributed by atoms with E-state index in [0.29, 0.717) is 19.4 Å². The first-order chi connectivity index (χ1) is 19.7. The molecule has 4 atom stereocenters. The molecular weight excluding hydrogens is 544 g/mol. The van der Waals surface area contributed by atoms with E-state index >= 15 is 0 Å². The zero-order chi connectivity index (χ0) is 29.8. The van der Waals surface area contributed by atoms with Gasteiger partial charge in [-0.3, -0.25) is 14.4 Å². The highest BCUT2D eigenvalue weighted by molar-refractivity contribution is 7.80. The van der Waals surface area contributed by atoms with Crippen molar-refractivity contribution in [2.24, 2.45) is 11.5 Å². The van der Waals surface area contributed by atoms with E-state index in [2.05, 4.69) is 33.6 Å². The monoisotopic (exact) mass is 582 g/mol. The number of para-hydroxylation sites is 1. The number of thiol groups is 1. The van der Waals surface area contributed by atoms with Crippen molar-refractivity contribution in [3.05, 3.63) is 71.9 Å². The van der Waals surface area contributed by atoms with Gasteiger partial charge in [-0.1, -0.05) is 55.0 Å². The summed E-state index contributed by atoms with van der Waals surface area (Å²) in [5.41, 5.74) is 13.8. The number of H-pyrrole nitrogens is 1. The minimum atomic E-state index is -1.25. The average molecular weight is 583 g/mol. The van der Waals surface area contributed by atoms with Gasteiger partial charge in [-0.25, -0.2) is 4.79 Å². The average Bonchev–Trinajstić information content (AvgIpc) is 3.38. The molecule has 0 saturated carbocycles. The fraction of sp³-hybridized carbons (Fsp3) is 0.379. The first-order valence-corrected chi connectivity index (χ1v) is 14.2. The number of nitrogens with one attached hydrogen (secondary N) is 4. The van der Waals surface area contributed by atoms with E-state index < -0.39 is 47.9 Å². The number of carboxylic acid groups (broad SMARTS) is 1. The molecule has 0 fully saturated rings. The number of carboxylic acids is 1. The molecule has 3 aromatic rings. The molecule has 220 valence electrons. The van der Waals surface area contributed by atoms with Crippen LogP contribution in [-0.4, -0.2) is 70.2 Å². The highest BCUT2D eigenvalue weighted by Gasteiger charge is 2.30. The van der Waals surface area contributed by atoms with Crippen molar-refractivity contribution in [1.82, 2.24) is 20.9 Å². The van der Waals surface area contributed by atoms with Crippen molar-refractivity contribution in [2.45, 2.75) is 56.3 Å². The summed E-state index contributed by atoms with van der Waals surface area (Å²) in [7, 11) is 0. The van der Waals surface area contributed by atoms with E-state index in [4.69, 9.17) is 11.5 Å². The molecule has 1 aromatic heterocycles. The molecule has 0 aliphatic carbocycles. The Balaban J connectivity index is 1.73. The van der Waals surface area contributed by atoms with Crippen LogP contribution in [0.15, 0.2) is 60.8 Å². The van der Waals surface area contributed by atoms with Crippen LogP contribution in [0.1, 0.15) is 30.4 Å². The number of nitrogens with two attached hydrogens (primary N) is 2. The molecule has 0 spiro atoms. The van der Waals surface area contributed by atoms with Gasteiger partial charge in [0.15, 0.2) is 0 Å². The molecule has 0 saturated heterocycles. The molecule has 3 amide bonds. The van der Waals surface area contributed by atoms with E-state index in [9.17, 15) is 24.3 Å². The van der Waals surface area contributed by atoms with Gasteiger partial charge < -0.3 is 37.5 Å². The van der Waals surface area contributed by atoms with E-state index in [0.717, 1.165) is 28.5 Å². The summed E-state index contributed by atoms with van der Waals surface area (Å²) in [6.45, 7) is 0.491. The maximum atomic E-state index is 13.4. The molecule has 0 radical (unpaired) electrons. The number of hydrogen-bond donors (Lipinski definition) is 8. The van der Waals surface area contributed by atoms with Gasteiger partial charge in [-0.15, -0.1) is 0 Å². The number of fused-ring (bicyclic) bond motifs is 1. The Morgan fingerprint density at radius 2 is 1.46 bits per heavy atom. The number of aromatic nitrogens is 1. The Bertz CT molecular complexity index is 1320. The lowest BCUT2D eigenvalue weighted by Crippen LogP contribution is -2.58. The summed E-state index contributed by atoms with van der Waals surface area (Å²) in [5, 5.41) is 18.6. The molecule has 9 N–H and O–H groups in total. The maximum Gasteiger partial charge on any atom is 0.326 e. The second-order valence-electron chi connectivity index (χ2n) is 9.85. The Hall–Kier alpha value is -3.87. The molecule has 2 aromatic carbocycles. The van der Waals surface area contributed by atoms with Crippen molar-refractivity contribution < 1.29 is 24.3 Å². The molecule has 0 bridgehead atoms. The largest absolute Gasteiger partial charge is 0.480 e. The van der Waals surface area contributed by atoms with Gasteiger partial charge in [0.25, 0.3) is 0 Å². The summed E-state index contributed by atoms with van der Waals surface area (Å²) in [6, 6.07) is 12.2. The van der Waals surface area contributed by atoms with Crippen LogP contribution in [0.25, 0.3) is 10.9 Å². The Kier molecular flexibility index (Phi) is 12.2. The Morgan fingerprint density at radius 3 is 2.15 bits per heavy atom. The number of benzene rings is 2. The summed E-state index contributed by atoms with van der Waals surface area (Å²) in [6.07, 6.45) is 3.67. The molecule has 12 heteroatoms. The second-order valence-corrected chi connectivity index (χ2v) is 10.2. The van der Waals surface area contributed by atoms with Gasteiger partial charge in [0.05, 0.1) is 6.04 Å². The molecule has 1 heterocycles. The van der Waals surface area contributed by atoms with Gasteiger partial charge in [0.1, 0.15) is 18.1 Å². The summed E-state index contributed by atoms with van der Waals surface area (Å²) < 4.78 is 0. The van der Waals surface area contributed by atoms with Crippen LogP contribution >= 0.6 is 12.6 Å². The number of unbranched alkanes of at least 4 members (excludes halogenated alkanes) is 1. The van der Waals surface area contributed by atoms with Crippen molar-refractivity contribution in [2.75, 3.05) is 12.3 Å². The number of aromatic amines is 1. The standard InChI is InChI=1S/C29H38N6O5S/c30-13-7-6-11-21(31)26(36)35-25(17-41)28(38)33-23(14-18-8-2-1-3-9-18)27(37)34-24(29(39)40)15-19-16-32-22-12-5-4-10-20(19)22/h1-5,8-10,12,16,21,23-25,32,41H,6-7,11,13-15,17,30-31H2,(H,33,38)(H,34,37)(H,35,36)(H,39,40). The van der Waals surface area contributed by atoms with Gasteiger partial charge in [0.2, 0.25) is 17.7 Å². The highest BCUT2D eigenvalue weighted by atomic mass is 32.1. The van der Waals surface area contributed by atoms with Gasteiger partial charge in [-0.2, -0.15) is 12.6 Å². The minimum Gasteiger partial charge on any atom is -0.480 e. The van der Waals surface area contributed by atoms with Crippen molar-refractivity contribution in [1.29, 1.82) is 0 Å². The van der Waals surface area contributed by atoms with Crippen LogP contribution in [0, 0.1) is 0 Å². The van der Waals surface area contributed by atoms with E-state index in [-0.39, 0.29) is 18.6 Å². The van der Waals surface area contributed by atoms with Crippen molar-refractivity contribution in [3.8, 4) is 0 Å². The van der Waals surface area contributed by atoms with Crippen molar-refractivity contribution in [3.63, 3.8) is 0 Å². The summed E-state index contributed by atoms with van der Waals surface area (Å²) >= 11 is 4.20. The Labute approximate surface area is 244 Å². The maximum absolute atomic E-state index is 13.4. The molecule has 41 heavy (non-hydrogen) atoms. The normalized spacial score (nSPS) is 14.0. The van der Waals surface area contributed by atoms with Gasteiger partial charge >= 0.3 is 5.97 Å². The summed E-state index contributed by atoms with van der Waals surface area (Å²) in [5.74, 6) is -3.06. The van der Waals surface area contributed by atoms with Crippen LogP contribution in [0.2, 0.25) is 0 Å². The molecule has 4 unspecified atom stereocenters. The van der Waals surface area contributed by atoms with E-state index in [1.807, 2.05) is 30.3 Å². The Morgan fingerprint density at radius 1 is 0.829 bits per heavy atom. The zero-order valence-electron chi connectivity index (χ0n) is 22.7. The fourth-order valence-corrected chi connectivity index (χ4v) is 4.69. The third-order valence-corrected chi connectivity index (χ3v) is 7.12. The quantitative estimate of drug-likeness (QED) is 0.0907. The van der Waals surface area contributed by atoms with Crippen LogP contribution in [0.5, 0.6) is 0 Å². The lowest BCUT2D eigenvalue weighted by Gasteiger charge is -2.25. The van der Waals surface area contributed by atoms with Crippen LogP contribution < -0.4 is 27.4 Å². The number of rotatable bonds is 16. The first-order valence-electron chi connectivity index (χ1n) is 13.5. The molecular formula is C29H38N6O5S. The number of hydrogen-bond acceptors (Lipinski definition) is 7. The number of carbonyl (C=O) groups is 4. The van der Waals surface area contributed by atoms with Gasteiger partial charge in [0, 0.05) is 35.7 Å². The topological polar surface area (TPSA) is 192 Å². The van der Waals surface area contributed by atoms with E-state index in [1.54, 1.807) is 30.5 Å².